The van der Waals surface area contributed by atoms with E-state index in [1.807, 2.05) is 0 Å². The summed E-state index contributed by atoms with van der Waals surface area (Å²) in [5, 5.41) is 8.68. The molecule has 0 bridgehead atoms. The van der Waals surface area contributed by atoms with Gasteiger partial charge in [0.2, 0.25) is 0 Å². The van der Waals surface area contributed by atoms with Gasteiger partial charge >= 0.3 is 0 Å². The van der Waals surface area contributed by atoms with Crippen molar-refractivity contribution in [2.24, 2.45) is 5.73 Å². The van der Waals surface area contributed by atoms with Crippen LogP contribution in [-0.4, -0.2) is 33.8 Å². The fourth-order valence-electron chi connectivity index (χ4n) is 2.99. The number of hydrogen-bond acceptors (Lipinski definition) is 6. The molecular formula is C18H28Cl2N6S. The van der Waals surface area contributed by atoms with Crippen molar-refractivity contribution < 1.29 is 0 Å². The lowest BCUT2D eigenvalue weighted by Crippen LogP contribution is -2.20. The van der Waals surface area contributed by atoms with E-state index in [1.165, 1.54) is 10.4 Å². The number of rotatable bonds is 7. The number of H-pyrrole nitrogens is 1. The SMILES string of the molecule is CCCc1cc(CN(C)c2nc(CCN)nc3sc(C)c(C)c23)[nH]n1.Cl.Cl. The molecule has 0 aliphatic rings. The smallest absolute Gasteiger partial charge is 0.141 e. The van der Waals surface area contributed by atoms with Crippen molar-refractivity contribution in [2.75, 3.05) is 18.5 Å². The van der Waals surface area contributed by atoms with Crippen LogP contribution in [-0.2, 0) is 19.4 Å². The zero-order valence-electron chi connectivity index (χ0n) is 16.2. The highest BCUT2D eigenvalue weighted by atomic mass is 35.5. The lowest BCUT2D eigenvalue weighted by atomic mass is 10.2. The highest BCUT2D eigenvalue weighted by molar-refractivity contribution is 7.18. The summed E-state index contributed by atoms with van der Waals surface area (Å²) >= 11 is 1.73. The molecule has 9 heteroatoms. The largest absolute Gasteiger partial charge is 0.353 e. The number of anilines is 1. The molecule has 3 N–H and O–H groups in total. The number of aromatic amines is 1. The number of nitrogens with two attached hydrogens (primary N) is 1. The Hall–Kier alpha value is -1.41. The topological polar surface area (TPSA) is 83.7 Å². The second-order valence-electron chi connectivity index (χ2n) is 6.46. The Kier molecular flexibility index (Phi) is 8.94. The molecule has 3 aromatic heterocycles. The lowest BCUT2D eigenvalue weighted by Gasteiger charge is -2.19. The molecule has 0 aliphatic heterocycles. The lowest BCUT2D eigenvalue weighted by molar-refractivity contribution is 0.824. The van der Waals surface area contributed by atoms with Crippen LogP contribution < -0.4 is 10.6 Å². The number of thiophene rings is 1. The third-order valence-electron chi connectivity index (χ3n) is 4.38. The molecule has 0 fully saturated rings. The first kappa shape index (κ1) is 23.6. The average Bonchev–Trinajstić information content (AvgIpc) is 3.12. The van der Waals surface area contributed by atoms with Crippen molar-refractivity contribution in [2.45, 2.75) is 46.6 Å². The first-order valence-electron chi connectivity index (χ1n) is 8.74. The molecule has 3 heterocycles. The van der Waals surface area contributed by atoms with Crippen molar-refractivity contribution >= 4 is 52.2 Å². The van der Waals surface area contributed by atoms with Gasteiger partial charge in [0, 0.05) is 18.3 Å². The van der Waals surface area contributed by atoms with E-state index in [0.29, 0.717) is 13.0 Å². The summed E-state index contributed by atoms with van der Waals surface area (Å²) in [6, 6.07) is 2.14. The van der Waals surface area contributed by atoms with E-state index in [4.69, 9.17) is 15.7 Å². The van der Waals surface area contributed by atoms with E-state index >= 15 is 0 Å². The van der Waals surface area contributed by atoms with Crippen molar-refractivity contribution in [1.29, 1.82) is 0 Å². The van der Waals surface area contributed by atoms with Crippen molar-refractivity contribution in [3.8, 4) is 0 Å². The van der Waals surface area contributed by atoms with Crippen LogP contribution in [0.15, 0.2) is 6.07 Å². The first-order valence-corrected chi connectivity index (χ1v) is 9.56. The molecule has 3 rings (SSSR count). The first-order chi connectivity index (χ1) is 12.0. The van der Waals surface area contributed by atoms with E-state index < -0.39 is 0 Å². The van der Waals surface area contributed by atoms with Gasteiger partial charge in [0.25, 0.3) is 0 Å². The Morgan fingerprint density at radius 2 is 1.93 bits per heavy atom. The van der Waals surface area contributed by atoms with Gasteiger partial charge in [-0.3, -0.25) is 5.10 Å². The van der Waals surface area contributed by atoms with Gasteiger partial charge in [0.1, 0.15) is 16.5 Å². The molecule has 0 aromatic carbocycles. The fraction of sp³-hybridized carbons (Fsp3) is 0.500. The van der Waals surface area contributed by atoms with Gasteiger partial charge in [-0.15, -0.1) is 36.2 Å². The maximum atomic E-state index is 5.72. The molecule has 0 aliphatic carbocycles. The van der Waals surface area contributed by atoms with Crippen LogP contribution in [0.1, 0.15) is 41.0 Å². The Morgan fingerprint density at radius 1 is 1.19 bits per heavy atom. The van der Waals surface area contributed by atoms with Gasteiger partial charge in [-0.25, -0.2) is 9.97 Å². The van der Waals surface area contributed by atoms with Crippen molar-refractivity contribution in [3.63, 3.8) is 0 Å². The maximum absolute atomic E-state index is 5.72. The van der Waals surface area contributed by atoms with E-state index in [-0.39, 0.29) is 24.8 Å². The summed E-state index contributed by atoms with van der Waals surface area (Å²) in [6.07, 6.45) is 2.79. The quantitative estimate of drug-likeness (QED) is 0.592. The second-order valence-corrected chi connectivity index (χ2v) is 7.66. The van der Waals surface area contributed by atoms with Crippen molar-refractivity contribution in [1.82, 2.24) is 20.2 Å². The second kappa shape index (κ2) is 10.2. The van der Waals surface area contributed by atoms with Crippen LogP contribution in [0.4, 0.5) is 5.82 Å². The fourth-order valence-corrected chi connectivity index (χ4v) is 4.04. The highest BCUT2D eigenvalue weighted by Crippen LogP contribution is 2.35. The van der Waals surface area contributed by atoms with Gasteiger partial charge in [-0.2, -0.15) is 5.10 Å². The Morgan fingerprint density at radius 3 is 2.59 bits per heavy atom. The third-order valence-corrected chi connectivity index (χ3v) is 5.48. The molecule has 0 saturated heterocycles. The Bertz CT molecular complexity index is 876. The molecule has 0 amide bonds. The van der Waals surface area contributed by atoms with Gasteiger partial charge < -0.3 is 10.6 Å². The molecule has 0 spiro atoms. The number of aromatic nitrogens is 4. The zero-order valence-corrected chi connectivity index (χ0v) is 18.7. The number of fused-ring (bicyclic) bond motifs is 1. The van der Waals surface area contributed by atoms with E-state index in [9.17, 15) is 0 Å². The van der Waals surface area contributed by atoms with Gasteiger partial charge in [0.15, 0.2) is 0 Å². The minimum Gasteiger partial charge on any atom is -0.353 e. The molecule has 27 heavy (non-hydrogen) atoms. The summed E-state index contributed by atoms with van der Waals surface area (Å²) in [6.45, 7) is 7.74. The normalized spacial score (nSPS) is 10.6. The zero-order chi connectivity index (χ0) is 18.0. The summed E-state index contributed by atoms with van der Waals surface area (Å²) in [5.41, 5.74) is 9.19. The minimum atomic E-state index is 0. The van der Waals surface area contributed by atoms with E-state index in [2.05, 4.69) is 49.0 Å². The van der Waals surface area contributed by atoms with E-state index in [1.54, 1.807) is 11.3 Å². The maximum Gasteiger partial charge on any atom is 0.141 e. The molecule has 3 aromatic rings. The monoisotopic (exact) mass is 430 g/mol. The number of nitrogens with zero attached hydrogens (tertiary/aromatic N) is 4. The van der Waals surface area contributed by atoms with Crippen LogP contribution in [0.3, 0.4) is 0 Å². The minimum absolute atomic E-state index is 0. The van der Waals surface area contributed by atoms with Gasteiger partial charge in [-0.1, -0.05) is 13.3 Å². The molecule has 150 valence electrons. The number of halogens is 2. The Balaban J connectivity index is 0.00000182. The molecular weight excluding hydrogens is 403 g/mol. The Labute approximate surface area is 176 Å². The predicted molar refractivity (Wildman–Crippen MR) is 119 cm³/mol. The van der Waals surface area contributed by atoms with Crippen LogP contribution in [0.25, 0.3) is 10.2 Å². The average molecular weight is 431 g/mol. The molecule has 0 atom stereocenters. The number of nitrogens with one attached hydrogen (secondary N) is 1. The summed E-state index contributed by atoms with van der Waals surface area (Å²) < 4.78 is 0. The van der Waals surface area contributed by atoms with Gasteiger partial charge in [-0.05, 0) is 38.4 Å². The molecule has 0 saturated carbocycles. The van der Waals surface area contributed by atoms with Crippen LogP contribution in [0.5, 0.6) is 0 Å². The van der Waals surface area contributed by atoms with Crippen molar-refractivity contribution in [3.05, 3.63) is 33.7 Å². The number of aryl methyl sites for hydroxylation is 3. The molecule has 0 radical (unpaired) electrons. The predicted octanol–water partition coefficient (Wildman–Crippen LogP) is 3.96. The summed E-state index contributed by atoms with van der Waals surface area (Å²) in [4.78, 5) is 14.0. The van der Waals surface area contributed by atoms with Crippen LogP contribution >= 0.6 is 36.2 Å². The number of hydrogen-bond donors (Lipinski definition) is 2. The summed E-state index contributed by atoms with van der Waals surface area (Å²) in [7, 11) is 2.07. The molecule has 0 unspecified atom stereocenters. The summed E-state index contributed by atoms with van der Waals surface area (Å²) in [5.74, 6) is 1.79. The molecule has 6 nitrogen and oxygen atoms in total. The van der Waals surface area contributed by atoms with E-state index in [0.717, 1.165) is 52.6 Å². The third kappa shape index (κ3) is 5.10. The van der Waals surface area contributed by atoms with Crippen LogP contribution in [0.2, 0.25) is 0 Å². The standard InChI is InChI=1S/C18H26N6S.2ClH/c1-5-6-13-9-14(23-22-13)10-24(4)17-16-11(2)12(3)25-18(16)21-15(20-17)7-8-19;;/h9H,5-8,10,19H2,1-4H3,(H,22,23);2*1H. The van der Waals surface area contributed by atoms with Gasteiger partial charge in [0.05, 0.1) is 23.3 Å². The highest BCUT2D eigenvalue weighted by Gasteiger charge is 2.18. The van der Waals surface area contributed by atoms with Crippen LogP contribution in [0, 0.1) is 13.8 Å².